The fraction of sp³-hybridized carbons (Fsp3) is 0.167. The molecule has 0 unspecified atom stereocenters. The van der Waals surface area contributed by atoms with Crippen molar-refractivity contribution in [2.45, 2.75) is 19.6 Å². The van der Waals surface area contributed by atoms with Gasteiger partial charge in [0.05, 0.1) is 22.8 Å². The van der Waals surface area contributed by atoms with Crippen LogP contribution in [0.5, 0.6) is 0 Å². The topological polar surface area (TPSA) is 64.1 Å². The number of hydrogen-bond acceptors (Lipinski definition) is 5. The fourth-order valence-corrected chi connectivity index (χ4v) is 2.87. The van der Waals surface area contributed by atoms with Gasteiger partial charge in [-0.15, -0.1) is 0 Å². The highest BCUT2D eigenvalue weighted by molar-refractivity contribution is 6.71. The van der Waals surface area contributed by atoms with Crippen molar-refractivity contribution >= 4 is 36.8 Å². The zero-order valence-corrected chi connectivity index (χ0v) is 14.9. The third-order valence-electron chi connectivity index (χ3n) is 3.24. The van der Waals surface area contributed by atoms with Gasteiger partial charge >= 0.3 is 5.97 Å². The first-order chi connectivity index (χ1) is 11.4. The second-order valence-electron chi connectivity index (χ2n) is 6.45. The quantitative estimate of drug-likeness (QED) is 0.716. The van der Waals surface area contributed by atoms with Gasteiger partial charge in [-0.3, -0.25) is 4.98 Å². The number of nitrogens with one attached hydrogen (secondary N) is 1. The van der Waals surface area contributed by atoms with Gasteiger partial charge in [0, 0.05) is 5.69 Å². The van der Waals surface area contributed by atoms with Crippen LogP contribution in [-0.2, 0) is 4.43 Å². The van der Waals surface area contributed by atoms with Gasteiger partial charge in [0.15, 0.2) is 0 Å². The van der Waals surface area contributed by atoms with Crippen LogP contribution in [0.1, 0.15) is 10.4 Å². The number of rotatable bonds is 4. The van der Waals surface area contributed by atoms with Crippen molar-refractivity contribution in [3.63, 3.8) is 0 Å². The van der Waals surface area contributed by atoms with Crippen LogP contribution < -0.4 is 5.32 Å². The van der Waals surface area contributed by atoms with E-state index in [9.17, 15) is 4.79 Å². The smallest absolute Gasteiger partial charge is 0.324 e. The lowest BCUT2D eigenvalue weighted by Crippen LogP contribution is -2.29. The predicted molar refractivity (Wildman–Crippen MR) is 98.0 cm³/mol. The maximum atomic E-state index is 12.0. The number of para-hydroxylation sites is 2. The summed E-state index contributed by atoms with van der Waals surface area (Å²) in [5.74, 6) is 0.386. The van der Waals surface area contributed by atoms with E-state index in [0.717, 1.165) is 16.7 Å². The van der Waals surface area contributed by atoms with Gasteiger partial charge in [0.2, 0.25) is 8.32 Å². The summed E-state index contributed by atoms with van der Waals surface area (Å²) in [6.07, 6.45) is 1.69. The molecule has 0 amide bonds. The molecule has 0 radical (unpaired) electrons. The summed E-state index contributed by atoms with van der Waals surface area (Å²) in [5.41, 5.74) is 3.07. The molecule has 0 aliphatic heterocycles. The molecule has 1 N–H and O–H groups in total. The lowest BCUT2D eigenvalue weighted by atomic mass is 10.2. The lowest BCUT2D eigenvalue weighted by Gasteiger charge is -2.17. The summed E-state index contributed by atoms with van der Waals surface area (Å²) >= 11 is 0. The van der Waals surface area contributed by atoms with E-state index in [1.165, 1.54) is 0 Å². The monoisotopic (exact) mass is 337 g/mol. The highest BCUT2D eigenvalue weighted by Crippen LogP contribution is 2.18. The standard InChI is InChI=1S/C18H19N3O2Si/c1-24(2,3)23-18(22)13-8-10-14(11-9-13)20-17-12-19-15-6-4-5-7-16(15)21-17/h4-12H,1-3H3,(H,20,21). The second kappa shape index (κ2) is 6.41. The summed E-state index contributed by atoms with van der Waals surface area (Å²) in [7, 11) is -1.89. The van der Waals surface area contributed by atoms with E-state index in [2.05, 4.69) is 15.3 Å². The van der Waals surface area contributed by atoms with E-state index in [1.54, 1.807) is 18.3 Å². The Kier molecular flexibility index (Phi) is 4.31. The number of benzene rings is 2. The van der Waals surface area contributed by atoms with Crippen LogP contribution >= 0.6 is 0 Å². The van der Waals surface area contributed by atoms with Gasteiger partial charge < -0.3 is 9.74 Å². The van der Waals surface area contributed by atoms with E-state index in [-0.39, 0.29) is 5.97 Å². The largest absolute Gasteiger partial charge is 0.516 e. The molecule has 24 heavy (non-hydrogen) atoms. The molecule has 0 spiro atoms. The molecule has 0 atom stereocenters. The molecule has 0 bridgehead atoms. The normalized spacial score (nSPS) is 11.3. The van der Waals surface area contributed by atoms with Crippen LogP contribution in [0.4, 0.5) is 11.5 Å². The van der Waals surface area contributed by atoms with Crippen molar-refractivity contribution in [3.05, 3.63) is 60.3 Å². The van der Waals surface area contributed by atoms with E-state index >= 15 is 0 Å². The Bertz CT molecular complexity index is 873. The molecule has 0 saturated heterocycles. The van der Waals surface area contributed by atoms with Gasteiger partial charge in [-0.1, -0.05) is 12.1 Å². The van der Waals surface area contributed by atoms with Gasteiger partial charge in [0.25, 0.3) is 0 Å². The number of hydrogen-bond donors (Lipinski definition) is 1. The van der Waals surface area contributed by atoms with E-state index in [4.69, 9.17) is 4.43 Å². The van der Waals surface area contributed by atoms with Crippen molar-refractivity contribution in [2.75, 3.05) is 5.32 Å². The number of anilines is 2. The third-order valence-corrected chi connectivity index (χ3v) is 4.04. The molecule has 3 aromatic rings. The molecule has 0 fully saturated rings. The second-order valence-corrected chi connectivity index (χ2v) is 10.9. The van der Waals surface area contributed by atoms with Crippen LogP contribution in [-0.4, -0.2) is 24.3 Å². The third kappa shape index (κ3) is 3.97. The van der Waals surface area contributed by atoms with E-state index < -0.39 is 8.32 Å². The average Bonchev–Trinajstić information content (AvgIpc) is 2.54. The summed E-state index contributed by atoms with van der Waals surface area (Å²) in [6.45, 7) is 5.96. The molecule has 6 heteroatoms. The molecule has 1 aromatic heterocycles. The van der Waals surface area contributed by atoms with Crippen molar-refractivity contribution in [1.82, 2.24) is 9.97 Å². The first kappa shape index (κ1) is 16.1. The first-order valence-electron chi connectivity index (χ1n) is 7.73. The van der Waals surface area contributed by atoms with Gasteiger partial charge in [-0.2, -0.15) is 0 Å². The van der Waals surface area contributed by atoms with Gasteiger partial charge in [-0.25, -0.2) is 9.78 Å². The summed E-state index contributed by atoms with van der Waals surface area (Å²) in [4.78, 5) is 20.9. The van der Waals surface area contributed by atoms with Crippen molar-refractivity contribution in [2.24, 2.45) is 0 Å². The molecular weight excluding hydrogens is 318 g/mol. The molecule has 0 aliphatic carbocycles. The van der Waals surface area contributed by atoms with E-state index in [1.807, 2.05) is 56.0 Å². The SMILES string of the molecule is C[Si](C)(C)OC(=O)c1ccc(Nc2cnc3ccccc3n2)cc1. The van der Waals surface area contributed by atoms with Crippen LogP contribution in [0.2, 0.25) is 19.6 Å². The average molecular weight is 337 g/mol. The first-order valence-corrected chi connectivity index (χ1v) is 11.1. The molecule has 3 rings (SSSR count). The Morgan fingerprint density at radius 1 is 1.00 bits per heavy atom. The molecule has 5 nitrogen and oxygen atoms in total. The Morgan fingerprint density at radius 2 is 1.67 bits per heavy atom. The van der Waals surface area contributed by atoms with Crippen molar-refractivity contribution < 1.29 is 9.22 Å². The van der Waals surface area contributed by atoms with Crippen LogP contribution in [0.3, 0.4) is 0 Å². The van der Waals surface area contributed by atoms with Crippen LogP contribution in [0, 0.1) is 0 Å². The molecule has 122 valence electrons. The molecule has 0 saturated carbocycles. The van der Waals surface area contributed by atoms with Crippen molar-refractivity contribution in [1.29, 1.82) is 0 Å². The molecule has 0 aliphatic rings. The molecular formula is C18H19N3O2Si. The highest BCUT2D eigenvalue weighted by Gasteiger charge is 2.20. The zero-order valence-electron chi connectivity index (χ0n) is 13.9. The number of aromatic nitrogens is 2. The highest BCUT2D eigenvalue weighted by atomic mass is 28.4. The number of nitrogens with zero attached hydrogens (tertiary/aromatic N) is 2. The van der Waals surface area contributed by atoms with Crippen LogP contribution in [0.15, 0.2) is 54.7 Å². The molecule has 1 heterocycles. The van der Waals surface area contributed by atoms with Gasteiger partial charge in [0.1, 0.15) is 5.82 Å². The van der Waals surface area contributed by atoms with E-state index in [0.29, 0.717) is 11.4 Å². The minimum absolute atomic E-state index is 0.272. The summed E-state index contributed by atoms with van der Waals surface area (Å²) in [6, 6.07) is 14.9. The fourth-order valence-electron chi connectivity index (χ4n) is 2.19. The Labute approximate surface area is 141 Å². The Balaban J connectivity index is 1.74. The minimum atomic E-state index is -1.89. The number of carbonyl (C=O) groups is 1. The number of carbonyl (C=O) groups excluding carboxylic acids is 1. The lowest BCUT2D eigenvalue weighted by molar-refractivity contribution is 0.0724. The predicted octanol–water partition coefficient (Wildman–Crippen LogP) is 4.37. The Morgan fingerprint density at radius 3 is 2.33 bits per heavy atom. The molecule has 2 aromatic carbocycles. The zero-order chi connectivity index (χ0) is 17.2. The Hall–Kier alpha value is -2.73. The summed E-state index contributed by atoms with van der Waals surface area (Å²) in [5, 5.41) is 3.19. The van der Waals surface area contributed by atoms with Gasteiger partial charge in [-0.05, 0) is 56.0 Å². The summed E-state index contributed by atoms with van der Waals surface area (Å²) < 4.78 is 5.49. The maximum Gasteiger partial charge on any atom is 0.324 e. The maximum absolute atomic E-state index is 12.0. The van der Waals surface area contributed by atoms with Crippen molar-refractivity contribution in [3.8, 4) is 0 Å². The number of fused-ring (bicyclic) bond motifs is 1. The van der Waals surface area contributed by atoms with Crippen LogP contribution in [0.25, 0.3) is 11.0 Å². The minimum Gasteiger partial charge on any atom is -0.516 e.